The molecule has 1 heterocycles. The fourth-order valence-electron chi connectivity index (χ4n) is 2.31. The van der Waals surface area contributed by atoms with Crippen LogP contribution in [0.2, 0.25) is 0 Å². The van der Waals surface area contributed by atoms with E-state index in [1.54, 1.807) is 0 Å². The van der Waals surface area contributed by atoms with Gasteiger partial charge in [-0.3, -0.25) is 4.79 Å². The maximum Gasteiger partial charge on any atom is 0.251 e. The van der Waals surface area contributed by atoms with Crippen LogP contribution in [0.25, 0.3) is 0 Å². The molecule has 98 valence electrons. The van der Waals surface area contributed by atoms with Gasteiger partial charge in [0.15, 0.2) is 0 Å². The van der Waals surface area contributed by atoms with Crippen molar-refractivity contribution >= 4 is 5.91 Å². The fraction of sp³-hybridized carbons (Fsp3) is 0.500. The largest absolute Gasteiger partial charge is 0.396 e. The molecule has 1 aromatic rings. The van der Waals surface area contributed by atoms with Crippen LogP contribution >= 0.6 is 0 Å². The molecule has 1 aliphatic rings. The van der Waals surface area contributed by atoms with E-state index in [0.717, 1.165) is 30.6 Å². The van der Waals surface area contributed by atoms with Gasteiger partial charge in [-0.2, -0.15) is 0 Å². The van der Waals surface area contributed by atoms with Crippen LogP contribution in [0.15, 0.2) is 18.2 Å². The van der Waals surface area contributed by atoms with Crippen LogP contribution in [0.4, 0.5) is 0 Å². The highest BCUT2D eigenvalue weighted by molar-refractivity contribution is 5.96. The predicted octanol–water partition coefficient (Wildman–Crippen LogP) is 0.833. The normalized spacial score (nSPS) is 15.9. The molecule has 0 bridgehead atoms. The maximum atomic E-state index is 12.2. The van der Waals surface area contributed by atoms with Gasteiger partial charge in [0.25, 0.3) is 5.91 Å². The van der Waals surface area contributed by atoms with Crippen LogP contribution in [0.5, 0.6) is 0 Å². The lowest BCUT2D eigenvalue weighted by Crippen LogP contribution is -2.35. The Hall–Kier alpha value is -1.39. The van der Waals surface area contributed by atoms with E-state index in [0.29, 0.717) is 6.42 Å². The van der Waals surface area contributed by atoms with Gasteiger partial charge in [-0.25, -0.2) is 0 Å². The van der Waals surface area contributed by atoms with Crippen molar-refractivity contribution in [3.8, 4) is 0 Å². The Bertz CT molecular complexity index is 432. The Balaban J connectivity index is 2.15. The van der Waals surface area contributed by atoms with Gasteiger partial charge in [0.1, 0.15) is 0 Å². The van der Waals surface area contributed by atoms with Crippen molar-refractivity contribution in [1.29, 1.82) is 0 Å². The summed E-state index contributed by atoms with van der Waals surface area (Å²) >= 11 is 0. The summed E-state index contributed by atoms with van der Waals surface area (Å²) in [5.74, 6) is -0.0327. The number of nitrogens with one attached hydrogen (secondary N) is 2. The molecule has 4 heteroatoms. The Kier molecular flexibility index (Phi) is 4.33. The van der Waals surface area contributed by atoms with Crippen LogP contribution in [-0.4, -0.2) is 30.2 Å². The van der Waals surface area contributed by atoms with Crippen LogP contribution in [0.1, 0.15) is 34.8 Å². The highest BCUT2D eigenvalue weighted by Gasteiger charge is 2.18. The highest BCUT2D eigenvalue weighted by Crippen LogP contribution is 2.18. The molecule has 1 atom stereocenters. The van der Waals surface area contributed by atoms with E-state index in [2.05, 4.69) is 16.7 Å². The van der Waals surface area contributed by atoms with Crippen LogP contribution in [-0.2, 0) is 13.0 Å². The first-order chi connectivity index (χ1) is 8.72. The predicted molar refractivity (Wildman–Crippen MR) is 70.5 cm³/mol. The molecule has 3 N–H and O–H groups in total. The number of fused-ring (bicyclic) bond motifs is 1. The SMILES string of the molecule is CC(CCO)NC(=O)c1cccc2c1CCNC2. The first kappa shape index (κ1) is 13.1. The van der Waals surface area contributed by atoms with Crippen molar-refractivity contribution < 1.29 is 9.90 Å². The number of carbonyl (C=O) groups excluding carboxylic acids is 1. The van der Waals surface area contributed by atoms with E-state index >= 15 is 0 Å². The minimum absolute atomic E-state index is 0.0000664. The Labute approximate surface area is 107 Å². The molecule has 0 saturated heterocycles. The van der Waals surface area contributed by atoms with Crippen molar-refractivity contribution in [1.82, 2.24) is 10.6 Å². The number of benzene rings is 1. The van der Waals surface area contributed by atoms with Crippen molar-refractivity contribution in [2.45, 2.75) is 32.4 Å². The number of aliphatic hydroxyl groups excluding tert-OH is 1. The molecule has 1 unspecified atom stereocenters. The topological polar surface area (TPSA) is 61.4 Å². The lowest BCUT2D eigenvalue weighted by Gasteiger charge is -2.21. The summed E-state index contributed by atoms with van der Waals surface area (Å²) in [7, 11) is 0. The number of carbonyl (C=O) groups is 1. The number of aliphatic hydroxyl groups is 1. The van der Waals surface area contributed by atoms with Gasteiger partial charge >= 0.3 is 0 Å². The zero-order valence-corrected chi connectivity index (χ0v) is 10.7. The van der Waals surface area contributed by atoms with Gasteiger partial charge in [-0.15, -0.1) is 0 Å². The van der Waals surface area contributed by atoms with Crippen molar-refractivity contribution in [2.24, 2.45) is 0 Å². The third-order valence-corrected chi connectivity index (χ3v) is 3.32. The summed E-state index contributed by atoms with van der Waals surface area (Å²) < 4.78 is 0. The number of rotatable bonds is 4. The molecule has 1 aromatic carbocycles. The van der Waals surface area contributed by atoms with Crippen LogP contribution < -0.4 is 10.6 Å². The van der Waals surface area contributed by atoms with Crippen LogP contribution in [0, 0.1) is 0 Å². The minimum Gasteiger partial charge on any atom is -0.396 e. The van der Waals surface area contributed by atoms with Gasteiger partial charge in [-0.1, -0.05) is 12.1 Å². The van der Waals surface area contributed by atoms with Gasteiger partial charge < -0.3 is 15.7 Å². The molecular formula is C14H20N2O2. The number of hydrogen-bond acceptors (Lipinski definition) is 3. The number of hydrogen-bond donors (Lipinski definition) is 3. The van der Waals surface area contributed by atoms with E-state index in [1.165, 1.54) is 5.56 Å². The smallest absolute Gasteiger partial charge is 0.251 e. The molecule has 1 aliphatic heterocycles. The van der Waals surface area contributed by atoms with Gasteiger partial charge in [0.2, 0.25) is 0 Å². The molecular weight excluding hydrogens is 228 g/mol. The zero-order chi connectivity index (χ0) is 13.0. The molecule has 4 nitrogen and oxygen atoms in total. The molecule has 1 amide bonds. The summed E-state index contributed by atoms with van der Waals surface area (Å²) in [6, 6.07) is 5.87. The molecule has 0 spiro atoms. The Morgan fingerprint density at radius 2 is 2.39 bits per heavy atom. The van der Waals surface area contributed by atoms with Crippen LogP contribution in [0.3, 0.4) is 0 Å². The molecule has 2 rings (SSSR count). The summed E-state index contributed by atoms with van der Waals surface area (Å²) in [6.45, 7) is 3.76. The van der Waals surface area contributed by atoms with Gasteiger partial charge in [-0.05, 0) is 43.5 Å². The summed E-state index contributed by atoms with van der Waals surface area (Å²) in [5.41, 5.74) is 3.15. The van der Waals surface area contributed by atoms with Crippen molar-refractivity contribution in [2.75, 3.05) is 13.2 Å². The van der Waals surface area contributed by atoms with E-state index in [9.17, 15) is 4.79 Å². The third-order valence-electron chi connectivity index (χ3n) is 3.32. The third kappa shape index (κ3) is 2.89. The lowest BCUT2D eigenvalue weighted by atomic mass is 9.95. The van der Waals surface area contributed by atoms with Gasteiger partial charge in [0.05, 0.1) is 0 Å². The molecule has 0 aliphatic carbocycles. The van der Waals surface area contributed by atoms with Crippen molar-refractivity contribution in [3.63, 3.8) is 0 Å². The zero-order valence-electron chi connectivity index (χ0n) is 10.7. The molecule has 0 radical (unpaired) electrons. The summed E-state index contributed by atoms with van der Waals surface area (Å²) in [5, 5.41) is 15.1. The van der Waals surface area contributed by atoms with E-state index in [1.807, 2.05) is 19.1 Å². The quantitative estimate of drug-likeness (QED) is 0.739. The first-order valence-corrected chi connectivity index (χ1v) is 6.45. The standard InChI is InChI=1S/C14H20N2O2/c1-10(6-8-17)16-14(18)13-4-2-3-11-9-15-7-5-12(11)13/h2-4,10,15,17H,5-9H2,1H3,(H,16,18). The van der Waals surface area contributed by atoms with Gasteiger partial charge in [0, 0.05) is 24.8 Å². The average molecular weight is 248 g/mol. The molecule has 0 aromatic heterocycles. The van der Waals surface area contributed by atoms with E-state index < -0.39 is 0 Å². The highest BCUT2D eigenvalue weighted by atomic mass is 16.3. The lowest BCUT2D eigenvalue weighted by molar-refractivity contribution is 0.0933. The van der Waals surface area contributed by atoms with E-state index in [-0.39, 0.29) is 18.6 Å². The first-order valence-electron chi connectivity index (χ1n) is 6.45. The number of amides is 1. The van der Waals surface area contributed by atoms with Crippen molar-refractivity contribution in [3.05, 3.63) is 34.9 Å². The molecule has 0 saturated carbocycles. The monoisotopic (exact) mass is 248 g/mol. The maximum absolute atomic E-state index is 12.2. The fourth-order valence-corrected chi connectivity index (χ4v) is 2.31. The Morgan fingerprint density at radius 3 is 3.17 bits per heavy atom. The second kappa shape index (κ2) is 5.98. The average Bonchev–Trinajstić information content (AvgIpc) is 2.38. The summed E-state index contributed by atoms with van der Waals surface area (Å²) in [6.07, 6.45) is 1.48. The van der Waals surface area contributed by atoms with E-state index in [4.69, 9.17) is 5.11 Å². The summed E-state index contributed by atoms with van der Waals surface area (Å²) in [4.78, 5) is 12.2. The molecule has 0 fully saturated rings. The molecule has 18 heavy (non-hydrogen) atoms. The Morgan fingerprint density at radius 1 is 1.56 bits per heavy atom. The minimum atomic E-state index is -0.0327. The second-order valence-corrected chi connectivity index (χ2v) is 4.76. The second-order valence-electron chi connectivity index (χ2n) is 4.76.